The van der Waals surface area contributed by atoms with Crippen LogP contribution in [-0.2, 0) is 16.4 Å². The van der Waals surface area contributed by atoms with E-state index >= 15 is 0 Å². The van der Waals surface area contributed by atoms with Gasteiger partial charge in [0.1, 0.15) is 5.75 Å². The zero-order valence-electron chi connectivity index (χ0n) is 20.8. The Morgan fingerprint density at radius 2 is 1.81 bits per heavy atom. The van der Waals surface area contributed by atoms with Gasteiger partial charge in [-0.2, -0.15) is 0 Å². The Morgan fingerprint density at radius 3 is 2.51 bits per heavy atom. The van der Waals surface area contributed by atoms with Crippen LogP contribution < -0.4 is 14.8 Å². The second-order valence-electron chi connectivity index (χ2n) is 8.71. The first-order valence-corrected chi connectivity index (χ1v) is 13.6. The van der Waals surface area contributed by atoms with Gasteiger partial charge in [0.2, 0.25) is 10.0 Å². The molecule has 0 saturated heterocycles. The highest BCUT2D eigenvalue weighted by molar-refractivity contribution is 7.89. The van der Waals surface area contributed by atoms with E-state index in [-0.39, 0.29) is 18.8 Å². The molecule has 1 heterocycles. The molecule has 1 atom stereocenters. The fourth-order valence-electron chi connectivity index (χ4n) is 4.16. The average molecular weight is 524 g/mol. The van der Waals surface area contributed by atoms with Gasteiger partial charge in [0.05, 0.1) is 29.7 Å². The molecule has 0 fully saturated rings. The summed E-state index contributed by atoms with van der Waals surface area (Å²) in [7, 11) is -2.19. The number of nitrogens with one attached hydrogen (secondary N) is 3. The Morgan fingerprint density at radius 1 is 1.08 bits per heavy atom. The summed E-state index contributed by atoms with van der Waals surface area (Å²) in [6.45, 7) is 2.21. The number of rotatable bonds is 11. The zero-order chi connectivity index (χ0) is 26.4. The molecule has 3 aromatic carbocycles. The molecule has 4 rings (SSSR count). The zero-order valence-corrected chi connectivity index (χ0v) is 21.6. The van der Waals surface area contributed by atoms with Crippen LogP contribution >= 0.6 is 0 Å². The first-order chi connectivity index (χ1) is 17.9. The molecule has 0 aliphatic rings. The van der Waals surface area contributed by atoms with Crippen LogP contribution in [-0.4, -0.2) is 50.7 Å². The van der Waals surface area contributed by atoms with E-state index in [0.29, 0.717) is 24.3 Å². The topological polar surface area (TPSA) is 121 Å². The highest BCUT2D eigenvalue weighted by Crippen LogP contribution is 2.28. The third-order valence-electron chi connectivity index (χ3n) is 6.15. The predicted molar refractivity (Wildman–Crippen MR) is 146 cm³/mol. The molecule has 0 radical (unpaired) electrons. The molecule has 0 aliphatic carbocycles. The molecule has 0 unspecified atom stereocenters. The lowest BCUT2D eigenvalue weighted by Crippen LogP contribution is -2.39. The van der Waals surface area contributed by atoms with Crippen LogP contribution in [0.1, 0.15) is 30.7 Å². The van der Waals surface area contributed by atoms with Crippen LogP contribution in [0.2, 0.25) is 0 Å². The standard InChI is InChI=1S/C28H31N3O5S.H2/c1-3-14-36-27-13-10-20(19-8-11-23(12-9-19)37(34,35)29-2)16-25(27)28(33)31-22(18-32)15-21-17-30-26-7-5-4-6-24(21)26;/h4-13,16-17,22,29-30,32H,3,14-15,18H2,1-2H3,(H,31,33);1H/t22-;/m1./s1. The van der Waals surface area contributed by atoms with Crippen molar-refractivity contribution in [2.45, 2.75) is 30.7 Å². The number of amides is 1. The smallest absolute Gasteiger partial charge is 0.255 e. The van der Waals surface area contributed by atoms with E-state index in [1.807, 2.05) is 43.5 Å². The van der Waals surface area contributed by atoms with Gasteiger partial charge in [-0.25, -0.2) is 13.1 Å². The fourth-order valence-corrected chi connectivity index (χ4v) is 4.89. The van der Waals surface area contributed by atoms with E-state index in [1.165, 1.54) is 19.2 Å². The van der Waals surface area contributed by atoms with Crippen LogP contribution in [0, 0.1) is 0 Å². The van der Waals surface area contributed by atoms with Crippen LogP contribution in [0.3, 0.4) is 0 Å². The summed E-state index contributed by atoms with van der Waals surface area (Å²) in [5.41, 5.74) is 3.83. The maximum absolute atomic E-state index is 13.4. The normalized spacial score (nSPS) is 12.4. The number of para-hydroxylation sites is 1. The van der Waals surface area contributed by atoms with Crippen molar-refractivity contribution in [1.29, 1.82) is 0 Å². The maximum atomic E-state index is 13.4. The van der Waals surface area contributed by atoms with E-state index in [4.69, 9.17) is 4.74 Å². The summed E-state index contributed by atoms with van der Waals surface area (Å²) in [6.07, 6.45) is 3.14. The van der Waals surface area contributed by atoms with Gasteiger partial charge in [0.25, 0.3) is 5.91 Å². The third kappa shape index (κ3) is 6.02. The lowest BCUT2D eigenvalue weighted by atomic mass is 10.0. The Labute approximate surface area is 218 Å². The van der Waals surface area contributed by atoms with Gasteiger partial charge in [-0.3, -0.25) is 4.79 Å². The van der Waals surface area contributed by atoms with E-state index in [1.54, 1.807) is 24.3 Å². The fraction of sp³-hybridized carbons (Fsp3) is 0.250. The summed E-state index contributed by atoms with van der Waals surface area (Å²) in [6, 6.07) is 19.1. The van der Waals surface area contributed by atoms with E-state index < -0.39 is 16.1 Å². The molecule has 37 heavy (non-hydrogen) atoms. The van der Waals surface area contributed by atoms with Gasteiger partial charge in [-0.05, 0) is 66.9 Å². The van der Waals surface area contributed by atoms with Crippen molar-refractivity contribution < 1.29 is 24.5 Å². The summed E-state index contributed by atoms with van der Waals surface area (Å²) >= 11 is 0. The Hall–Kier alpha value is -3.66. The molecule has 8 nitrogen and oxygen atoms in total. The number of ether oxygens (including phenoxy) is 1. The number of sulfonamides is 1. The van der Waals surface area contributed by atoms with E-state index in [2.05, 4.69) is 15.0 Å². The SMILES string of the molecule is CCCOc1ccc(-c2ccc(S(=O)(=O)NC)cc2)cc1C(=O)N[C@@H](CO)Cc1c[nH]c2ccccc12.[HH]. The molecular weight excluding hydrogens is 490 g/mol. The number of hydrogen-bond acceptors (Lipinski definition) is 5. The van der Waals surface area contributed by atoms with Crippen molar-refractivity contribution in [2.24, 2.45) is 0 Å². The summed E-state index contributed by atoms with van der Waals surface area (Å²) in [5, 5.41) is 14.0. The van der Waals surface area contributed by atoms with Crippen LogP contribution in [0.4, 0.5) is 0 Å². The van der Waals surface area contributed by atoms with Crippen molar-refractivity contribution in [2.75, 3.05) is 20.3 Å². The van der Waals surface area contributed by atoms with Crippen LogP contribution in [0.5, 0.6) is 5.75 Å². The van der Waals surface area contributed by atoms with Gasteiger partial charge in [0.15, 0.2) is 0 Å². The molecule has 0 saturated carbocycles. The highest BCUT2D eigenvalue weighted by Gasteiger charge is 2.20. The minimum Gasteiger partial charge on any atom is -0.493 e. The Kier molecular flexibility index (Phi) is 8.27. The predicted octanol–water partition coefficient (Wildman–Crippen LogP) is 4.11. The maximum Gasteiger partial charge on any atom is 0.255 e. The van der Waals surface area contributed by atoms with Crippen molar-refractivity contribution in [3.05, 3.63) is 84.1 Å². The molecule has 0 spiro atoms. The third-order valence-corrected chi connectivity index (χ3v) is 7.58. The number of aromatic nitrogens is 1. The molecular formula is C28H33N3O5S. The molecule has 0 aliphatic heterocycles. The first kappa shape index (κ1) is 26.4. The minimum absolute atomic E-state index is 0. The molecule has 4 N–H and O–H groups in total. The van der Waals surface area contributed by atoms with E-state index in [9.17, 15) is 18.3 Å². The van der Waals surface area contributed by atoms with Gasteiger partial charge in [-0.15, -0.1) is 0 Å². The van der Waals surface area contributed by atoms with Gasteiger partial charge < -0.3 is 20.1 Å². The van der Waals surface area contributed by atoms with Crippen LogP contribution in [0.15, 0.2) is 77.8 Å². The number of aromatic amines is 1. The molecule has 196 valence electrons. The number of H-pyrrole nitrogens is 1. The molecule has 9 heteroatoms. The van der Waals surface area contributed by atoms with Crippen molar-refractivity contribution in [1.82, 2.24) is 15.0 Å². The summed E-state index contributed by atoms with van der Waals surface area (Å²) in [5.74, 6) is 0.0856. The quantitative estimate of drug-likeness (QED) is 0.236. The van der Waals surface area contributed by atoms with Gasteiger partial charge in [-0.1, -0.05) is 43.3 Å². The van der Waals surface area contributed by atoms with E-state index in [0.717, 1.165) is 34.0 Å². The average Bonchev–Trinajstić information content (AvgIpc) is 3.34. The Balaban J connectivity index is 0.00000400. The van der Waals surface area contributed by atoms with Gasteiger partial charge in [0, 0.05) is 18.5 Å². The molecule has 1 amide bonds. The van der Waals surface area contributed by atoms with Gasteiger partial charge >= 0.3 is 0 Å². The number of hydrogen-bond donors (Lipinski definition) is 4. The van der Waals surface area contributed by atoms with Crippen molar-refractivity contribution >= 4 is 26.8 Å². The number of aliphatic hydroxyl groups is 1. The largest absolute Gasteiger partial charge is 0.493 e. The second-order valence-corrected chi connectivity index (χ2v) is 10.6. The number of carbonyl (C=O) groups is 1. The lowest BCUT2D eigenvalue weighted by Gasteiger charge is -2.18. The summed E-state index contributed by atoms with van der Waals surface area (Å²) < 4.78 is 32.2. The summed E-state index contributed by atoms with van der Waals surface area (Å²) in [4.78, 5) is 16.8. The number of benzene rings is 3. The Bertz CT molecular complexity index is 1490. The number of carbonyl (C=O) groups excluding carboxylic acids is 1. The second kappa shape index (κ2) is 11.6. The highest BCUT2D eigenvalue weighted by atomic mass is 32.2. The van der Waals surface area contributed by atoms with Crippen LogP contribution in [0.25, 0.3) is 22.0 Å². The van der Waals surface area contributed by atoms with Crippen molar-refractivity contribution in [3.8, 4) is 16.9 Å². The molecule has 0 bridgehead atoms. The lowest BCUT2D eigenvalue weighted by molar-refractivity contribution is 0.0912. The molecule has 1 aromatic heterocycles. The monoisotopic (exact) mass is 523 g/mol. The first-order valence-electron chi connectivity index (χ1n) is 12.1. The van der Waals surface area contributed by atoms with Crippen molar-refractivity contribution in [3.63, 3.8) is 0 Å². The molecule has 4 aromatic rings. The number of aliphatic hydroxyl groups excluding tert-OH is 1. The minimum atomic E-state index is -3.55. The number of fused-ring (bicyclic) bond motifs is 1.